The van der Waals surface area contributed by atoms with Crippen molar-refractivity contribution in [3.8, 4) is 0 Å². The van der Waals surface area contributed by atoms with Crippen LogP contribution >= 0.6 is 0 Å². The largest absolute Gasteiger partial charge is 0.470 e. The summed E-state index contributed by atoms with van der Waals surface area (Å²) in [6.45, 7) is 5.60. The highest BCUT2D eigenvalue weighted by Crippen LogP contribution is 2.33. The average molecular weight is 223 g/mol. The molecule has 1 aromatic rings. The molecule has 1 aliphatic rings. The highest BCUT2D eigenvalue weighted by molar-refractivity contribution is 5.88. The molecular formula is C12H17NO3. The number of anilines is 1. The van der Waals surface area contributed by atoms with Crippen molar-refractivity contribution in [3.05, 3.63) is 18.6 Å². The number of amides is 1. The molecule has 88 valence electrons. The molecule has 1 saturated carbocycles. The molecule has 0 saturated heterocycles. The van der Waals surface area contributed by atoms with Crippen LogP contribution in [-0.2, 0) is 4.74 Å². The fraction of sp³-hybridized carbons (Fsp3) is 0.583. The minimum absolute atomic E-state index is 0.271. The van der Waals surface area contributed by atoms with E-state index < -0.39 is 5.60 Å². The Hall–Kier alpha value is -1.45. The molecule has 4 heteroatoms. The van der Waals surface area contributed by atoms with Gasteiger partial charge in [-0.05, 0) is 33.6 Å². The van der Waals surface area contributed by atoms with Gasteiger partial charge in [0.15, 0.2) is 0 Å². The SMILES string of the molecule is CC(C)(C)OC(=O)N(c1ccoc1)C1CC1. The van der Waals surface area contributed by atoms with Crippen molar-refractivity contribution in [2.24, 2.45) is 0 Å². The minimum Gasteiger partial charge on any atom is -0.470 e. The number of nitrogens with zero attached hydrogens (tertiary/aromatic N) is 1. The van der Waals surface area contributed by atoms with Gasteiger partial charge in [-0.2, -0.15) is 0 Å². The number of hydrogen-bond acceptors (Lipinski definition) is 3. The van der Waals surface area contributed by atoms with E-state index in [9.17, 15) is 4.79 Å². The smallest absolute Gasteiger partial charge is 0.415 e. The molecule has 0 N–H and O–H groups in total. The van der Waals surface area contributed by atoms with Crippen LogP contribution in [-0.4, -0.2) is 17.7 Å². The molecule has 4 nitrogen and oxygen atoms in total. The van der Waals surface area contributed by atoms with Gasteiger partial charge in [-0.25, -0.2) is 4.79 Å². The molecule has 0 spiro atoms. The molecule has 1 aliphatic carbocycles. The van der Waals surface area contributed by atoms with Gasteiger partial charge in [0.2, 0.25) is 0 Å². The normalized spacial score (nSPS) is 15.9. The van der Waals surface area contributed by atoms with Gasteiger partial charge < -0.3 is 9.15 Å². The fourth-order valence-electron chi connectivity index (χ4n) is 1.50. The number of furan rings is 1. The van der Waals surface area contributed by atoms with Gasteiger partial charge in [0.1, 0.15) is 11.9 Å². The molecule has 1 aromatic heterocycles. The predicted molar refractivity (Wildman–Crippen MR) is 60.4 cm³/mol. The second kappa shape index (κ2) is 3.85. The zero-order chi connectivity index (χ0) is 11.8. The van der Waals surface area contributed by atoms with Crippen molar-refractivity contribution in [1.29, 1.82) is 0 Å². The third kappa shape index (κ3) is 2.56. The third-order valence-electron chi connectivity index (χ3n) is 2.29. The molecule has 0 bridgehead atoms. The summed E-state index contributed by atoms with van der Waals surface area (Å²) in [6.07, 6.45) is 4.91. The summed E-state index contributed by atoms with van der Waals surface area (Å²) in [5, 5.41) is 0. The zero-order valence-electron chi connectivity index (χ0n) is 9.90. The molecule has 0 aromatic carbocycles. The van der Waals surface area contributed by atoms with E-state index in [1.54, 1.807) is 23.5 Å². The molecule has 1 fully saturated rings. The Labute approximate surface area is 95.2 Å². The summed E-state index contributed by atoms with van der Waals surface area (Å²) >= 11 is 0. The van der Waals surface area contributed by atoms with Crippen LogP contribution in [0.25, 0.3) is 0 Å². The second-order valence-corrected chi connectivity index (χ2v) is 5.06. The van der Waals surface area contributed by atoms with E-state index in [0.29, 0.717) is 0 Å². The standard InChI is InChI=1S/C12H17NO3/c1-12(2,3)16-11(14)13(9-4-5-9)10-6-7-15-8-10/h6-9H,4-5H2,1-3H3. The first kappa shape index (κ1) is 11.0. The maximum absolute atomic E-state index is 12.0. The maximum Gasteiger partial charge on any atom is 0.415 e. The second-order valence-electron chi connectivity index (χ2n) is 5.06. The van der Waals surface area contributed by atoms with Gasteiger partial charge in [0.05, 0.1) is 12.0 Å². The Balaban J connectivity index is 2.11. The highest BCUT2D eigenvalue weighted by Gasteiger charge is 2.36. The summed E-state index contributed by atoms with van der Waals surface area (Å²) in [4.78, 5) is 13.7. The van der Waals surface area contributed by atoms with E-state index >= 15 is 0 Å². The van der Waals surface area contributed by atoms with E-state index in [4.69, 9.17) is 9.15 Å². The molecular weight excluding hydrogens is 206 g/mol. The van der Waals surface area contributed by atoms with Crippen LogP contribution in [0.2, 0.25) is 0 Å². The van der Waals surface area contributed by atoms with Crippen LogP contribution in [0.4, 0.5) is 10.5 Å². The average Bonchev–Trinajstić information content (AvgIpc) is 2.78. The van der Waals surface area contributed by atoms with E-state index in [0.717, 1.165) is 18.5 Å². The summed E-state index contributed by atoms with van der Waals surface area (Å²) in [7, 11) is 0. The number of ether oxygens (including phenoxy) is 1. The Bertz CT molecular complexity index is 360. The molecule has 0 radical (unpaired) electrons. The molecule has 0 aliphatic heterocycles. The van der Waals surface area contributed by atoms with Crippen molar-refractivity contribution in [2.45, 2.75) is 45.3 Å². The topological polar surface area (TPSA) is 42.7 Å². The van der Waals surface area contributed by atoms with E-state index in [1.807, 2.05) is 20.8 Å². The van der Waals surface area contributed by atoms with Crippen molar-refractivity contribution in [1.82, 2.24) is 0 Å². The third-order valence-corrected chi connectivity index (χ3v) is 2.29. The number of carbonyl (C=O) groups is 1. The zero-order valence-corrected chi connectivity index (χ0v) is 9.90. The number of rotatable bonds is 2. The molecule has 0 atom stereocenters. The summed E-state index contributed by atoms with van der Waals surface area (Å²) < 4.78 is 10.4. The maximum atomic E-state index is 12.0. The van der Waals surface area contributed by atoms with E-state index in [1.165, 1.54) is 0 Å². The van der Waals surface area contributed by atoms with Crippen LogP contribution in [0.5, 0.6) is 0 Å². The van der Waals surface area contributed by atoms with Crippen molar-refractivity contribution in [2.75, 3.05) is 4.90 Å². The van der Waals surface area contributed by atoms with Gasteiger partial charge >= 0.3 is 6.09 Å². The quantitative estimate of drug-likeness (QED) is 0.773. The monoisotopic (exact) mass is 223 g/mol. The Morgan fingerprint density at radius 1 is 1.50 bits per heavy atom. The molecule has 1 heterocycles. The predicted octanol–water partition coefficient (Wildman–Crippen LogP) is 3.18. The lowest BCUT2D eigenvalue weighted by molar-refractivity contribution is 0.0577. The van der Waals surface area contributed by atoms with Gasteiger partial charge in [0.25, 0.3) is 0 Å². The van der Waals surface area contributed by atoms with Crippen molar-refractivity contribution >= 4 is 11.8 Å². The summed E-state index contributed by atoms with van der Waals surface area (Å²) in [5.41, 5.74) is 0.310. The minimum atomic E-state index is -0.464. The molecule has 16 heavy (non-hydrogen) atoms. The van der Waals surface area contributed by atoms with Crippen LogP contribution in [0, 0.1) is 0 Å². The van der Waals surface area contributed by atoms with Crippen LogP contribution in [0.15, 0.2) is 23.0 Å². The van der Waals surface area contributed by atoms with Gasteiger partial charge in [-0.3, -0.25) is 4.90 Å². The molecule has 1 amide bonds. The van der Waals surface area contributed by atoms with Gasteiger partial charge in [-0.1, -0.05) is 0 Å². The van der Waals surface area contributed by atoms with Crippen molar-refractivity contribution in [3.63, 3.8) is 0 Å². The van der Waals surface area contributed by atoms with Crippen LogP contribution in [0.1, 0.15) is 33.6 Å². The lowest BCUT2D eigenvalue weighted by Crippen LogP contribution is -2.38. The van der Waals surface area contributed by atoms with E-state index in [-0.39, 0.29) is 12.1 Å². The molecule has 0 unspecified atom stereocenters. The molecule has 2 rings (SSSR count). The van der Waals surface area contributed by atoms with E-state index in [2.05, 4.69) is 0 Å². The summed E-state index contributed by atoms with van der Waals surface area (Å²) in [6, 6.07) is 2.05. The Morgan fingerprint density at radius 2 is 2.19 bits per heavy atom. The first-order valence-electron chi connectivity index (χ1n) is 5.52. The van der Waals surface area contributed by atoms with Crippen LogP contribution in [0.3, 0.4) is 0 Å². The van der Waals surface area contributed by atoms with Crippen molar-refractivity contribution < 1.29 is 13.9 Å². The van der Waals surface area contributed by atoms with Gasteiger partial charge in [-0.15, -0.1) is 0 Å². The Morgan fingerprint density at radius 3 is 2.62 bits per heavy atom. The lowest BCUT2D eigenvalue weighted by Gasteiger charge is -2.26. The lowest BCUT2D eigenvalue weighted by atomic mass is 10.2. The number of carbonyl (C=O) groups excluding carboxylic acids is 1. The first-order valence-corrected chi connectivity index (χ1v) is 5.52. The number of hydrogen-bond donors (Lipinski definition) is 0. The van der Waals surface area contributed by atoms with Crippen LogP contribution < -0.4 is 4.90 Å². The fourth-order valence-corrected chi connectivity index (χ4v) is 1.50. The van der Waals surface area contributed by atoms with Gasteiger partial charge in [0, 0.05) is 12.1 Å². The first-order chi connectivity index (χ1) is 7.47. The highest BCUT2D eigenvalue weighted by atomic mass is 16.6. The Kier molecular flexibility index (Phi) is 2.66. The summed E-state index contributed by atoms with van der Waals surface area (Å²) in [5.74, 6) is 0.